The van der Waals surface area contributed by atoms with Crippen molar-refractivity contribution in [2.24, 2.45) is 5.92 Å². The molecule has 0 bridgehead atoms. The first-order valence-corrected chi connectivity index (χ1v) is 11.8. The molecule has 0 saturated heterocycles. The molecule has 0 unspecified atom stereocenters. The molecule has 3 aromatic carbocycles. The van der Waals surface area contributed by atoms with E-state index in [1.54, 1.807) is 18.2 Å². The van der Waals surface area contributed by atoms with Crippen LogP contribution in [0.3, 0.4) is 0 Å². The molecule has 1 aliphatic carbocycles. The van der Waals surface area contributed by atoms with Gasteiger partial charge in [0, 0.05) is 0 Å². The first-order valence-electron chi connectivity index (χ1n) is 11.8. The van der Waals surface area contributed by atoms with E-state index >= 15 is 0 Å². The summed E-state index contributed by atoms with van der Waals surface area (Å²) in [7, 11) is 0. The Morgan fingerprint density at radius 1 is 0.742 bits per heavy atom. The minimum Gasteiger partial charge on any atom is -0.207 e. The van der Waals surface area contributed by atoms with Crippen molar-refractivity contribution >= 4 is 0 Å². The summed E-state index contributed by atoms with van der Waals surface area (Å²) in [6, 6.07) is 20.9. The van der Waals surface area contributed by atoms with E-state index in [0.717, 1.165) is 53.9 Å². The fraction of sp³-hybridized carbons (Fsp3) is 0.379. The van der Waals surface area contributed by atoms with Gasteiger partial charge in [-0.05, 0) is 96.4 Å². The zero-order chi connectivity index (χ0) is 21.6. The quantitative estimate of drug-likeness (QED) is 0.361. The monoisotopic (exact) mass is 418 g/mol. The second kappa shape index (κ2) is 10.2. The van der Waals surface area contributed by atoms with Gasteiger partial charge in [-0.1, -0.05) is 68.3 Å². The Kier molecular flexibility index (Phi) is 7.17. The van der Waals surface area contributed by atoms with Crippen molar-refractivity contribution < 1.29 is 8.78 Å². The van der Waals surface area contributed by atoms with E-state index in [4.69, 9.17) is 0 Å². The van der Waals surface area contributed by atoms with Gasteiger partial charge in [-0.3, -0.25) is 0 Å². The molecule has 1 aliphatic rings. The number of hydrogen-bond donors (Lipinski definition) is 0. The van der Waals surface area contributed by atoms with E-state index in [9.17, 15) is 8.78 Å². The van der Waals surface area contributed by atoms with Crippen molar-refractivity contribution in [3.05, 3.63) is 95.1 Å². The normalized spacial score (nSPS) is 18.8. The third-order valence-electron chi connectivity index (χ3n) is 6.86. The van der Waals surface area contributed by atoms with Crippen LogP contribution in [0.2, 0.25) is 0 Å². The van der Waals surface area contributed by atoms with Crippen LogP contribution in [-0.2, 0) is 12.8 Å². The zero-order valence-corrected chi connectivity index (χ0v) is 18.4. The largest absolute Gasteiger partial charge is 0.207 e. The predicted octanol–water partition coefficient (Wildman–Crippen LogP) is 8.49. The Labute approximate surface area is 185 Å². The van der Waals surface area contributed by atoms with E-state index in [2.05, 4.69) is 37.3 Å². The zero-order valence-electron chi connectivity index (χ0n) is 18.4. The molecule has 2 heteroatoms. The third-order valence-corrected chi connectivity index (χ3v) is 6.86. The Bertz CT molecular complexity index is 982. The molecule has 0 amide bonds. The SMILES string of the molecule is CCC[C@H]1CC[C@H](c2ccc(-c3ccc(CCc4cccc(F)c4)cc3)cc2F)CC1. The van der Waals surface area contributed by atoms with Crippen LogP contribution < -0.4 is 0 Å². The van der Waals surface area contributed by atoms with Crippen LogP contribution in [0.5, 0.6) is 0 Å². The average molecular weight is 419 g/mol. The Morgan fingerprint density at radius 3 is 2.13 bits per heavy atom. The lowest BCUT2D eigenvalue weighted by Crippen LogP contribution is -2.14. The van der Waals surface area contributed by atoms with E-state index in [-0.39, 0.29) is 11.6 Å². The van der Waals surface area contributed by atoms with Gasteiger partial charge in [0.2, 0.25) is 0 Å². The van der Waals surface area contributed by atoms with Crippen LogP contribution in [0.4, 0.5) is 8.78 Å². The van der Waals surface area contributed by atoms with Crippen molar-refractivity contribution in [1.82, 2.24) is 0 Å². The highest BCUT2D eigenvalue weighted by Gasteiger charge is 2.24. The van der Waals surface area contributed by atoms with E-state index in [0.29, 0.717) is 5.92 Å². The molecule has 0 radical (unpaired) electrons. The molecule has 0 aromatic heterocycles. The van der Waals surface area contributed by atoms with Gasteiger partial charge in [0.05, 0.1) is 0 Å². The van der Waals surface area contributed by atoms with Gasteiger partial charge in [-0.2, -0.15) is 0 Å². The molecule has 0 nitrogen and oxygen atoms in total. The minimum atomic E-state index is -0.188. The molecule has 0 atom stereocenters. The molecular weight excluding hydrogens is 386 g/mol. The molecule has 0 aliphatic heterocycles. The summed E-state index contributed by atoms with van der Waals surface area (Å²) in [5, 5.41) is 0. The highest BCUT2D eigenvalue weighted by Crippen LogP contribution is 2.39. The van der Waals surface area contributed by atoms with Gasteiger partial charge >= 0.3 is 0 Å². The lowest BCUT2D eigenvalue weighted by Gasteiger charge is -2.29. The molecule has 31 heavy (non-hydrogen) atoms. The fourth-order valence-corrected chi connectivity index (χ4v) is 5.05. The maximum absolute atomic E-state index is 15.0. The number of aryl methyl sites for hydroxylation is 2. The molecule has 0 N–H and O–H groups in total. The molecule has 3 aromatic rings. The lowest BCUT2D eigenvalue weighted by atomic mass is 9.77. The van der Waals surface area contributed by atoms with E-state index in [1.807, 2.05) is 12.1 Å². The summed E-state index contributed by atoms with van der Waals surface area (Å²) >= 11 is 0. The Morgan fingerprint density at radius 2 is 1.45 bits per heavy atom. The maximum atomic E-state index is 15.0. The molecule has 0 heterocycles. The van der Waals surface area contributed by atoms with Crippen molar-refractivity contribution in [1.29, 1.82) is 0 Å². The first-order chi connectivity index (χ1) is 15.1. The number of benzene rings is 3. The summed E-state index contributed by atoms with van der Waals surface area (Å²) in [5.41, 5.74) is 5.06. The minimum absolute atomic E-state index is 0.0633. The Hall–Kier alpha value is -2.48. The highest BCUT2D eigenvalue weighted by molar-refractivity contribution is 5.64. The number of halogens is 2. The maximum Gasteiger partial charge on any atom is 0.127 e. The highest BCUT2D eigenvalue weighted by atomic mass is 19.1. The summed E-state index contributed by atoms with van der Waals surface area (Å²) in [6.07, 6.45) is 8.92. The van der Waals surface area contributed by atoms with Crippen LogP contribution in [0.1, 0.15) is 68.1 Å². The first kappa shape index (κ1) is 21.7. The number of hydrogen-bond acceptors (Lipinski definition) is 0. The lowest BCUT2D eigenvalue weighted by molar-refractivity contribution is 0.304. The van der Waals surface area contributed by atoms with Crippen LogP contribution in [0.15, 0.2) is 66.7 Å². The predicted molar refractivity (Wildman–Crippen MR) is 125 cm³/mol. The summed E-state index contributed by atoms with van der Waals surface area (Å²) in [4.78, 5) is 0. The van der Waals surface area contributed by atoms with Crippen LogP contribution in [-0.4, -0.2) is 0 Å². The summed E-state index contributed by atoms with van der Waals surface area (Å²) in [5.74, 6) is 0.953. The topological polar surface area (TPSA) is 0 Å². The average Bonchev–Trinajstić information content (AvgIpc) is 2.79. The summed E-state index contributed by atoms with van der Waals surface area (Å²) in [6.45, 7) is 2.25. The molecule has 0 spiro atoms. The molecule has 1 saturated carbocycles. The van der Waals surface area contributed by atoms with E-state index < -0.39 is 0 Å². The van der Waals surface area contributed by atoms with Gasteiger partial charge in [0.25, 0.3) is 0 Å². The molecule has 162 valence electrons. The van der Waals surface area contributed by atoms with Crippen LogP contribution >= 0.6 is 0 Å². The van der Waals surface area contributed by atoms with Crippen molar-refractivity contribution in [3.8, 4) is 11.1 Å². The van der Waals surface area contributed by atoms with Gasteiger partial charge in [-0.25, -0.2) is 8.78 Å². The van der Waals surface area contributed by atoms with Crippen molar-refractivity contribution in [2.45, 2.75) is 64.2 Å². The van der Waals surface area contributed by atoms with Crippen molar-refractivity contribution in [3.63, 3.8) is 0 Å². The fourth-order valence-electron chi connectivity index (χ4n) is 5.05. The van der Waals surface area contributed by atoms with Crippen molar-refractivity contribution in [2.75, 3.05) is 0 Å². The second-order valence-electron chi connectivity index (χ2n) is 9.07. The van der Waals surface area contributed by atoms with Crippen LogP contribution in [0.25, 0.3) is 11.1 Å². The molecular formula is C29H32F2. The van der Waals surface area contributed by atoms with Gasteiger partial charge in [-0.15, -0.1) is 0 Å². The van der Waals surface area contributed by atoms with Gasteiger partial charge < -0.3 is 0 Å². The van der Waals surface area contributed by atoms with Crippen LogP contribution in [0, 0.1) is 17.6 Å². The summed E-state index contributed by atoms with van der Waals surface area (Å²) < 4.78 is 28.3. The second-order valence-corrected chi connectivity index (χ2v) is 9.07. The Balaban J connectivity index is 1.39. The molecule has 4 rings (SSSR count). The smallest absolute Gasteiger partial charge is 0.127 e. The number of rotatable bonds is 7. The third kappa shape index (κ3) is 5.61. The standard InChI is InChI=1S/C29H32F2/c1-2-4-21-11-15-25(16-12-21)28-18-17-26(20-29(28)31)24-13-9-22(10-14-24)7-8-23-5-3-6-27(30)19-23/h3,5-6,9-10,13-14,17-21,25H,2,4,7-8,11-12,15-16H2,1H3/t21-,25-. The molecule has 1 fully saturated rings. The van der Waals surface area contributed by atoms with Gasteiger partial charge in [0.1, 0.15) is 11.6 Å². The van der Waals surface area contributed by atoms with E-state index in [1.165, 1.54) is 37.3 Å². The van der Waals surface area contributed by atoms with Gasteiger partial charge in [0.15, 0.2) is 0 Å².